The molecule has 1 N–H and O–H groups in total. The summed E-state index contributed by atoms with van der Waals surface area (Å²) >= 11 is 0. The number of nitrogens with zero attached hydrogens (tertiary/aromatic N) is 2. The van der Waals surface area contributed by atoms with Crippen LogP contribution in [0.2, 0.25) is 0 Å². The number of hydrogen-bond donors (Lipinski definition) is 1. The number of ether oxygens (including phenoxy) is 1. The van der Waals surface area contributed by atoms with Crippen molar-refractivity contribution >= 4 is 11.9 Å². The molecular formula is C24H27N3O3. The molecule has 0 unspecified atom stereocenters. The Morgan fingerprint density at radius 3 is 2.37 bits per heavy atom. The van der Waals surface area contributed by atoms with Gasteiger partial charge < -0.3 is 10.1 Å². The maximum absolute atomic E-state index is 12.4. The van der Waals surface area contributed by atoms with Gasteiger partial charge in [0, 0.05) is 24.4 Å². The number of hydrogen-bond acceptors (Lipinski definition) is 4. The highest BCUT2D eigenvalue weighted by Crippen LogP contribution is 2.18. The number of amides is 1. The Morgan fingerprint density at radius 2 is 1.77 bits per heavy atom. The van der Waals surface area contributed by atoms with Gasteiger partial charge in [-0.05, 0) is 56.2 Å². The van der Waals surface area contributed by atoms with Crippen LogP contribution in [0.5, 0.6) is 0 Å². The fourth-order valence-corrected chi connectivity index (χ4v) is 3.25. The van der Waals surface area contributed by atoms with E-state index >= 15 is 0 Å². The Kier molecular flexibility index (Phi) is 7.01. The van der Waals surface area contributed by atoms with Crippen molar-refractivity contribution in [2.45, 2.75) is 39.2 Å². The predicted octanol–water partition coefficient (Wildman–Crippen LogP) is 4.04. The first-order valence-corrected chi connectivity index (χ1v) is 10.1. The van der Waals surface area contributed by atoms with Gasteiger partial charge in [0.15, 0.2) is 6.10 Å². The number of aromatic nitrogens is 2. The van der Waals surface area contributed by atoms with Crippen molar-refractivity contribution < 1.29 is 14.3 Å². The lowest BCUT2D eigenvalue weighted by Gasteiger charge is -2.18. The van der Waals surface area contributed by atoms with Crippen LogP contribution in [0.15, 0.2) is 66.9 Å². The van der Waals surface area contributed by atoms with Crippen molar-refractivity contribution in [3.63, 3.8) is 0 Å². The zero-order chi connectivity index (χ0) is 21.5. The summed E-state index contributed by atoms with van der Waals surface area (Å²) in [6.45, 7) is 6.12. The minimum absolute atomic E-state index is 0.219. The molecule has 0 fully saturated rings. The molecule has 0 saturated heterocycles. The third-order valence-electron chi connectivity index (χ3n) is 5.12. The minimum atomic E-state index is -0.876. The quantitative estimate of drug-likeness (QED) is 0.574. The summed E-state index contributed by atoms with van der Waals surface area (Å²) in [5, 5.41) is 7.14. The van der Waals surface area contributed by atoms with E-state index in [1.54, 1.807) is 42.1 Å². The van der Waals surface area contributed by atoms with Crippen LogP contribution in [-0.4, -0.2) is 34.3 Å². The topological polar surface area (TPSA) is 73.2 Å². The van der Waals surface area contributed by atoms with Gasteiger partial charge in [0.25, 0.3) is 5.91 Å². The number of esters is 1. The fourth-order valence-electron chi connectivity index (χ4n) is 3.25. The Labute approximate surface area is 176 Å². The Morgan fingerprint density at radius 1 is 1.07 bits per heavy atom. The zero-order valence-electron chi connectivity index (χ0n) is 17.5. The van der Waals surface area contributed by atoms with Gasteiger partial charge in [0.1, 0.15) is 0 Å². The molecule has 0 saturated carbocycles. The van der Waals surface area contributed by atoms with Crippen molar-refractivity contribution in [2.24, 2.45) is 0 Å². The van der Waals surface area contributed by atoms with Gasteiger partial charge in [-0.15, -0.1) is 0 Å². The highest BCUT2D eigenvalue weighted by atomic mass is 16.5. The summed E-state index contributed by atoms with van der Waals surface area (Å²) in [7, 11) is 0. The van der Waals surface area contributed by atoms with Gasteiger partial charge in [-0.1, -0.05) is 37.3 Å². The Bertz CT molecular complexity index is 980. The monoisotopic (exact) mass is 405 g/mol. The van der Waals surface area contributed by atoms with Crippen molar-refractivity contribution in [3.8, 4) is 5.69 Å². The average Bonchev–Trinajstić information content (AvgIpc) is 3.20. The summed E-state index contributed by atoms with van der Waals surface area (Å²) in [5.41, 5.74) is 3.42. The molecule has 1 heterocycles. The van der Waals surface area contributed by atoms with E-state index in [1.807, 2.05) is 31.2 Å². The number of rotatable bonds is 8. The van der Waals surface area contributed by atoms with Gasteiger partial charge in [0.2, 0.25) is 0 Å². The Balaban J connectivity index is 1.54. The Hall–Kier alpha value is -3.41. The molecule has 3 rings (SSSR count). The lowest BCUT2D eigenvalue weighted by molar-refractivity contribution is -0.129. The van der Waals surface area contributed by atoms with Crippen LogP contribution in [0.1, 0.15) is 47.8 Å². The smallest absolute Gasteiger partial charge is 0.338 e. The molecule has 0 aliphatic heterocycles. The van der Waals surface area contributed by atoms with Crippen LogP contribution in [0.3, 0.4) is 0 Å². The molecule has 1 amide bonds. The van der Waals surface area contributed by atoms with Crippen LogP contribution in [0.25, 0.3) is 5.69 Å². The standard InChI is InChI=1S/C24H27N3O3/c1-4-19(20-8-6-5-7-9-20)16-25-23(28)18(3)30-24(29)21-10-12-22(13-11-21)27-17(2)14-15-26-27/h5-15,18-19H,4,16H2,1-3H3,(H,25,28)/t18-,19-/m0/s1. The maximum Gasteiger partial charge on any atom is 0.338 e. The molecule has 6 nitrogen and oxygen atoms in total. The van der Waals surface area contributed by atoms with E-state index in [9.17, 15) is 9.59 Å². The molecule has 6 heteroatoms. The largest absolute Gasteiger partial charge is 0.449 e. The summed E-state index contributed by atoms with van der Waals surface area (Å²) in [6, 6.07) is 18.9. The van der Waals surface area contributed by atoms with E-state index in [-0.39, 0.29) is 11.8 Å². The minimum Gasteiger partial charge on any atom is -0.449 e. The first-order valence-electron chi connectivity index (χ1n) is 10.1. The molecule has 30 heavy (non-hydrogen) atoms. The first kappa shape index (κ1) is 21.3. The molecule has 0 bridgehead atoms. The van der Waals surface area contributed by atoms with E-state index in [1.165, 1.54) is 5.56 Å². The van der Waals surface area contributed by atoms with E-state index < -0.39 is 12.1 Å². The SMILES string of the molecule is CC[C@@H](CNC(=O)[C@H](C)OC(=O)c1ccc(-n2nccc2C)cc1)c1ccccc1. The van der Waals surface area contributed by atoms with E-state index in [0.717, 1.165) is 17.8 Å². The van der Waals surface area contributed by atoms with Crippen molar-refractivity contribution in [1.82, 2.24) is 15.1 Å². The highest BCUT2D eigenvalue weighted by Gasteiger charge is 2.20. The van der Waals surface area contributed by atoms with Crippen LogP contribution >= 0.6 is 0 Å². The van der Waals surface area contributed by atoms with Crippen molar-refractivity contribution in [2.75, 3.05) is 6.54 Å². The average molecular weight is 405 g/mol. The third kappa shape index (κ3) is 5.14. The van der Waals surface area contributed by atoms with E-state index in [2.05, 4.69) is 29.5 Å². The number of carbonyl (C=O) groups is 2. The molecule has 156 valence electrons. The zero-order valence-corrected chi connectivity index (χ0v) is 17.5. The number of nitrogens with one attached hydrogen (secondary N) is 1. The summed E-state index contributed by atoms with van der Waals surface area (Å²) in [5.74, 6) is -0.616. The normalized spacial score (nSPS) is 12.8. The molecule has 0 aliphatic carbocycles. The molecule has 1 aromatic heterocycles. The molecule has 2 aromatic carbocycles. The second-order valence-electron chi connectivity index (χ2n) is 7.24. The number of aryl methyl sites for hydroxylation is 1. The summed E-state index contributed by atoms with van der Waals surface area (Å²) < 4.78 is 7.13. The molecule has 0 radical (unpaired) electrons. The van der Waals surface area contributed by atoms with E-state index in [4.69, 9.17) is 4.74 Å². The van der Waals surface area contributed by atoms with Gasteiger partial charge in [0.05, 0.1) is 11.3 Å². The van der Waals surface area contributed by atoms with Gasteiger partial charge in [-0.25, -0.2) is 9.48 Å². The third-order valence-corrected chi connectivity index (χ3v) is 5.12. The fraction of sp³-hybridized carbons (Fsp3) is 0.292. The lowest BCUT2D eigenvalue weighted by atomic mass is 9.96. The number of carbonyl (C=O) groups excluding carboxylic acids is 2. The van der Waals surface area contributed by atoms with Crippen molar-refractivity contribution in [1.29, 1.82) is 0 Å². The summed E-state index contributed by atoms with van der Waals surface area (Å²) in [4.78, 5) is 24.8. The molecule has 2 atom stereocenters. The highest BCUT2D eigenvalue weighted by molar-refractivity contribution is 5.92. The molecular weight excluding hydrogens is 378 g/mol. The second kappa shape index (κ2) is 9.87. The molecule has 3 aromatic rings. The first-order chi connectivity index (χ1) is 14.5. The number of benzene rings is 2. The van der Waals surface area contributed by atoms with Gasteiger partial charge >= 0.3 is 5.97 Å². The lowest BCUT2D eigenvalue weighted by Crippen LogP contribution is -2.38. The van der Waals surface area contributed by atoms with Gasteiger partial charge in [-0.2, -0.15) is 5.10 Å². The van der Waals surface area contributed by atoms with Crippen LogP contribution in [-0.2, 0) is 9.53 Å². The predicted molar refractivity (Wildman–Crippen MR) is 116 cm³/mol. The summed E-state index contributed by atoms with van der Waals surface area (Å²) in [6.07, 6.45) is 1.75. The van der Waals surface area contributed by atoms with Crippen molar-refractivity contribution in [3.05, 3.63) is 83.7 Å². The maximum atomic E-state index is 12.4. The molecule has 0 aliphatic rings. The second-order valence-corrected chi connectivity index (χ2v) is 7.24. The molecule has 0 spiro atoms. The van der Waals surface area contributed by atoms with Crippen LogP contribution < -0.4 is 5.32 Å². The van der Waals surface area contributed by atoms with E-state index in [0.29, 0.717) is 12.1 Å². The van der Waals surface area contributed by atoms with Crippen LogP contribution in [0, 0.1) is 6.92 Å². The van der Waals surface area contributed by atoms with Gasteiger partial charge in [-0.3, -0.25) is 4.79 Å². The van der Waals surface area contributed by atoms with Crippen LogP contribution in [0.4, 0.5) is 0 Å².